The van der Waals surface area contributed by atoms with E-state index in [4.69, 9.17) is 0 Å². The predicted molar refractivity (Wildman–Crippen MR) is 270 cm³/mol. The Bertz CT molecular complexity index is 3490. The molecule has 0 amide bonds. The summed E-state index contributed by atoms with van der Waals surface area (Å²) >= 11 is 0. The Morgan fingerprint density at radius 3 is 1.30 bits per heavy atom. The summed E-state index contributed by atoms with van der Waals surface area (Å²) in [6.45, 7) is 0. The first-order chi connectivity index (χ1) is 31.3. The molecule has 0 aliphatic rings. The van der Waals surface area contributed by atoms with Crippen LogP contribution in [0.15, 0.2) is 255 Å². The van der Waals surface area contributed by atoms with E-state index in [1.807, 2.05) is 0 Å². The average Bonchev–Trinajstić information content (AvgIpc) is 3.88. The largest absolute Gasteiger partial charge is 0.309 e. The molecule has 12 aromatic rings. The van der Waals surface area contributed by atoms with E-state index in [2.05, 4.69) is 264 Å². The van der Waals surface area contributed by atoms with Gasteiger partial charge in [0.05, 0.1) is 22.1 Å². The van der Waals surface area contributed by atoms with Crippen LogP contribution in [0.3, 0.4) is 0 Å². The molecular formula is C60H42N2Si. The topological polar surface area (TPSA) is 9.86 Å². The highest BCUT2D eigenvalue weighted by Gasteiger charge is 2.43. The maximum atomic E-state index is 2.50. The van der Waals surface area contributed by atoms with Crippen LogP contribution in [0.4, 0.5) is 0 Å². The molecule has 0 fully saturated rings. The summed E-state index contributed by atoms with van der Waals surface area (Å²) in [6, 6.07) is 94.2. The normalized spacial score (nSPS) is 11.8. The Hall–Kier alpha value is -7.98. The van der Waals surface area contributed by atoms with E-state index < -0.39 is 8.07 Å². The number of hydrogen-bond donors (Lipinski definition) is 0. The van der Waals surface area contributed by atoms with E-state index in [1.54, 1.807) is 0 Å². The highest BCUT2D eigenvalue weighted by molar-refractivity contribution is 7.20. The first kappa shape index (κ1) is 36.8. The smallest absolute Gasteiger partial charge is 0.180 e. The molecule has 12 rings (SSSR count). The van der Waals surface area contributed by atoms with Crippen molar-refractivity contribution in [2.75, 3.05) is 0 Å². The molecule has 3 heteroatoms. The van der Waals surface area contributed by atoms with Crippen LogP contribution in [0, 0.1) is 0 Å². The number of nitrogens with zero attached hydrogens (tertiary/aromatic N) is 2. The molecule has 0 N–H and O–H groups in total. The van der Waals surface area contributed by atoms with Crippen molar-refractivity contribution in [3.05, 3.63) is 255 Å². The van der Waals surface area contributed by atoms with Crippen molar-refractivity contribution in [1.82, 2.24) is 9.13 Å². The second kappa shape index (κ2) is 15.2. The molecule has 0 spiro atoms. The molecule has 0 saturated carbocycles. The Balaban J connectivity index is 1.07. The van der Waals surface area contributed by atoms with E-state index in [1.165, 1.54) is 86.6 Å². The van der Waals surface area contributed by atoms with E-state index in [-0.39, 0.29) is 0 Å². The summed E-state index contributed by atoms with van der Waals surface area (Å²) in [5.41, 5.74) is 11.9. The number of aromatic nitrogens is 2. The van der Waals surface area contributed by atoms with Crippen LogP contribution in [-0.4, -0.2) is 17.2 Å². The van der Waals surface area contributed by atoms with Crippen molar-refractivity contribution in [3.63, 3.8) is 0 Å². The molecule has 0 aliphatic carbocycles. The van der Waals surface area contributed by atoms with Crippen LogP contribution in [0.1, 0.15) is 0 Å². The van der Waals surface area contributed by atoms with Crippen molar-refractivity contribution in [2.24, 2.45) is 0 Å². The summed E-state index contributed by atoms with van der Waals surface area (Å²) < 4.78 is 4.94. The Kier molecular flexibility index (Phi) is 8.87. The predicted octanol–water partition coefficient (Wildman–Crippen LogP) is 12.6. The van der Waals surface area contributed by atoms with Gasteiger partial charge < -0.3 is 9.13 Å². The van der Waals surface area contributed by atoms with Crippen LogP contribution in [-0.2, 0) is 0 Å². The van der Waals surface area contributed by atoms with Gasteiger partial charge in [-0.3, -0.25) is 0 Å². The lowest BCUT2D eigenvalue weighted by molar-refractivity contribution is 1.15. The standard InChI is InChI=1S/C60H42N2Si/c1-5-19-43(20-6-1)45-21-17-22-46(41-45)44-35-37-47(38-36-44)61-55-31-15-13-29-52(55)53-40-39-48(42-58(53)61)62-56-32-16-14-30-54(56)60-57(62)33-18-34-59(60)63(49-23-7-2-8-24-49,50-25-9-3-10-26-50)51-27-11-4-12-28-51/h1-42H. The minimum absolute atomic E-state index is 1.13. The van der Waals surface area contributed by atoms with Crippen LogP contribution >= 0.6 is 0 Å². The van der Waals surface area contributed by atoms with Crippen LogP contribution in [0.5, 0.6) is 0 Å². The minimum atomic E-state index is -2.86. The van der Waals surface area contributed by atoms with Gasteiger partial charge >= 0.3 is 0 Å². The molecular weight excluding hydrogens is 777 g/mol. The summed E-state index contributed by atoms with van der Waals surface area (Å²) in [5.74, 6) is 0. The Morgan fingerprint density at radius 2 is 0.683 bits per heavy atom. The van der Waals surface area contributed by atoms with E-state index >= 15 is 0 Å². The fourth-order valence-electron chi connectivity index (χ4n) is 10.3. The van der Waals surface area contributed by atoms with Crippen molar-refractivity contribution in [3.8, 4) is 33.6 Å². The van der Waals surface area contributed by atoms with E-state index in [0.29, 0.717) is 0 Å². The van der Waals surface area contributed by atoms with Crippen LogP contribution in [0.25, 0.3) is 77.2 Å². The lowest BCUT2D eigenvalue weighted by Crippen LogP contribution is -2.74. The first-order valence-corrected chi connectivity index (χ1v) is 23.8. The molecule has 0 radical (unpaired) electrons. The fraction of sp³-hybridized carbons (Fsp3) is 0. The molecule has 0 unspecified atom stereocenters. The van der Waals surface area contributed by atoms with Crippen molar-refractivity contribution in [2.45, 2.75) is 0 Å². The lowest BCUT2D eigenvalue weighted by Gasteiger charge is -2.35. The third kappa shape index (κ3) is 5.93. The van der Waals surface area contributed by atoms with Gasteiger partial charge in [-0.15, -0.1) is 0 Å². The second-order valence-electron chi connectivity index (χ2n) is 16.4. The van der Waals surface area contributed by atoms with Gasteiger partial charge in [0, 0.05) is 32.9 Å². The number of fused-ring (bicyclic) bond motifs is 6. The van der Waals surface area contributed by atoms with Gasteiger partial charge in [-0.05, 0) is 91.5 Å². The molecule has 2 aromatic heterocycles. The van der Waals surface area contributed by atoms with Crippen molar-refractivity contribution >= 4 is 72.4 Å². The average molecular weight is 819 g/mol. The zero-order valence-corrected chi connectivity index (χ0v) is 35.6. The molecule has 2 heterocycles. The third-order valence-corrected chi connectivity index (χ3v) is 17.9. The lowest BCUT2D eigenvalue weighted by atomic mass is 9.99. The zero-order chi connectivity index (χ0) is 41.7. The summed E-state index contributed by atoms with van der Waals surface area (Å²) in [7, 11) is -2.86. The molecule has 296 valence electrons. The molecule has 0 aliphatic heterocycles. The summed E-state index contributed by atoms with van der Waals surface area (Å²) in [6.07, 6.45) is 0. The maximum Gasteiger partial charge on any atom is 0.180 e. The van der Waals surface area contributed by atoms with Crippen LogP contribution in [0.2, 0.25) is 0 Å². The summed E-state index contributed by atoms with van der Waals surface area (Å²) in [4.78, 5) is 0. The van der Waals surface area contributed by atoms with Gasteiger partial charge in [0.2, 0.25) is 0 Å². The number of hydrogen-bond acceptors (Lipinski definition) is 0. The molecule has 0 bridgehead atoms. The highest BCUT2D eigenvalue weighted by Crippen LogP contribution is 2.38. The SMILES string of the molecule is c1ccc(-c2cccc(-c3ccc(-n4c5ccccc5c5ccc(-n6c7ccccc7c7c([Si](c8ccccc8)(c8ccccc8)c8ccccc8)cccc76)cc54)cc3)c2)cc1. The number of benzene rings is 10. The Labute approximate surface area is 368 Å². The van der Waals surface area contributed by atoms with Gasteiger partial charge in [-0.2, -0.15) is 0 Å². The van der Waals surface area contributed by atoms with Gasteiger partial charge in [0.25, 0.3) is 0 Å². The number of para-hydroxylation sites is 2. The highest BCUT2D eigenvalue weighted by atomic mass is 28.3. The molecule has 0 atom stereocenters. The molecule has 0 saturated heterocycles. The fourth-order valence-corrected chi connectivity index (χ4v) is 15.3. The van der Waals surface area contributed by atoms with Gasteiger partial charge in [0.15, 0.2) is 8.07 Å². The molecule has 2 nitrogen and oxygen atoms in total. The third-order valence-electron chi connectivity index (χ3n) is 13.1. The maximum absolute atomic E-state index is 2.86. The first-order valence-electron chi connectivity index (χ1n) is 21.8. The monoisotopic (exact) mass is 818 g/mol. The molecule has 10 aromatic carbocycles. The van der Waals surface area contributed by atoms with Crippen LogP contribution < -0.4 is 20.7 Å². The summed E-state index contributed by atoms with van der Waals surface area (Å²) in [5, 5.41) is 10.5. The second-order valence-corrected chi connectivity index (χ2v) is 20.2. The quantitative estimate of drug-likeness (QED) is 0.107. The number of rotatable bonds is 8. The Morgan fingerprint density at radius 1 is 0.254 bits per heavy atom. The van der Waals surface area contributed by atoms with Gasteiger partial charge in [0.1, 0.15) is 0 Å². The molecule has 63 heavy (non-hydrogen) atoms. The van der Waals surface area contributed by atoms with Gasteiger partial charge in [-0.1, -0.05) is 206 Å². The van der Waals surface area contributed by atoms with Gasteiger partial charge in [-0.25, -0.2) is 0 Å². The minimum Gasteiger partial charge on any atom is -0.309 e. The van der Waals surface area contributed by atoms with Crippen molar-refractivity contribution in [1.29, 1.82) is 0 Å². The van der Waals surface area contributed by atoms with E-state index in [9.17, 15) is 0 Å². The van der Waals surface area contributed by atoms with E-state index in [0.717, 1.165) is 11.4 Å². The zero-order valence-electron chi connectivity index (χ0n) is 34.6. The van der Waals surface area contributed by atoms with Crippen molar-refractivity contribution < 1.29 is 0 Å².